The Labute approximate surface area is 109 Å². The van der Waals surface area contributed by atoms with Crippen molar-refractivity contribution in [2.45, 2.75) is 33.2 Å². The largest absolute Gasteiger partial charge is 0.388 e. The number of nitrogens with zero attached hydrogens (tertiary/aromatic N) is 2. The summed E-state index contributed by atoms with van der Waals surface area (Å²) in [6.07, 6.45) is 2.91. The van der Waals surface area contributed by atoms with Crippen LogP contribution in [0.4, 0.5) is 5.69 Å². The highest BCUT2D eigenvalue weighted by Crippen LogP contribution is 2.19. The van der Waals surface area contributed by atoms with Crippen LogP contribution < -0.4 is 10.6 Å². The first-order chi connectivity index (χ1) is 7.91. The lowest BCUT2D eigenvalue weighted by Gasteiger charge is -2.28. The Morgan fingerprint density at radius 3 is 2.65 bits per heavy atom. The molecule has 1 rings (SSSR count). The fourth-order valence-corrected chi connectivity index (χ4v) is 1.98. The number of pyridine rings is 1. The first-order valence-corrected chi connectivity index (χ1v) is 6.31. The highest BCUT2D eigenvalue weighted by atomic mass is 32.1. The molecule has 17 heavy (non-hydrogen) atoms. The number of hydrogen-bond donors (Lipinski definition) is 1. The summed E-state index contributed by atoms with van der Waals surface area (Å²) in [6, 6.07) is 4.41. The molecule has 1 heterocycles. The van der Waals surface area contributed by atoms with Crippen molar-refractivity contribution in [2.75, 3.05) is 11.9 Å². The third-order valence-corrected chi connectivity index (χ3v) is 3.09. The Morgan fingerprint density at radius 1 is 1.47 bits per heavy atom. The van der Waals surface area contributed by atoms with E-state index in [1.165, 1.54) is 0 Å². The molecule has 0 saturated heterocycles. The van der Waals surface area contributed by atoms with Gasteiger partial charge in [0.1, 0.15) is 4.99 Å². The molecule has 0 aliphatic carbocycles. The summed E-state index contributed by atoms with van der Waals surface area (Å²) in [5.74, 6) is 0.685. The van der Waals surface area contributed by atoms with E-state index in [1.54, 1.807) is 6.20 Å². The van der Waals surface area contributed by atoms with Crippen molar-refractivity contribution in [1.82, 2.24) is 4.98 Å². The van der Waals surface area contributed by atoms with Crippen LogP contribution in [0.1, 0.15) is 32.9 Å². The molecular formula is C13H21N3S. The fraction of sp³-hybridized carbons (Fsp3) is 0.538. The van der Waals surface area contributed by atoms with Gasteiger partial charge in [0.15, 0.2) is 0 Å². The van der Waals surface area contributed by atoms with E-state index in [1.807, 2.05) is 12.1 Å². The molecule has 1 aromatic rings. The number of rotatable bonds is 5. The van der Waals surface area contributed by atoms with Crippen molar-refractivity contribution in [1.29, 1.82) is 0 Å². The van der Waals surface area contributed by atoms with Crippen LogP contribution in [0.5, 0.6) is 0 Å². The molecule has 4 heteroatoms. The van der Waals surface area contributed by atoms with E-state index in [0.717, 1.165) is 12.1 Å². The Kier molecular flexibility index (Phi) is 4.87. The predicted molar refractivity (Wildman–Crippen MR) is 77.4 cm³/mol. The summed E-state index contributed by atoms with van der Waals surface area (Å²) in [4.78, 5) is 6.73. The quantitative estimate of drug-likeness (QED) is 0.817. The second-order valence-corrected chi connectivity index (χ2v) is 5.29. The van der Waals surface area contributed by atoms with Gasteiger partial charge in [-0.3, -0.25) is 4.98 Å². The Hall–Kier alpha value is -1.16. The summed E-state index contributed by atoms with van der Waals surface area (Å²) in [5, 5.41) is 0. The second-order valence-electron chi connectivity index (χ2n) is 4.85. The first kappa shape index (κ1) is 13.9. The van der Waals surface area contributed by atoms with Gasteiger partial charge in [-0.05, 0) is 31.4 Å². The average molecular weight is 251 g/mol. The molecule has 1 aromatic heterocycles. The van der Waals surface area contributed by atoms with Gasteiger partial charge in [0.2, 0.25) is 0 Å². The van der Waals surface area contributed by atoms with Crippen LogP contribution in [0, 0.1) is 5.92 Å². The molecule has 2 N–H and O–H groups in total. The molecule has 0 amide bonds. The van der Waals surface area contributed by atoms with Crippen molar-refractivity contribution in [3.05, 3.63) is 24.0 Å². The van der Waals surface area contributed by atoms with Gasteiger partial charge in [-0.15, -0.1) is 0 Å². The van der Waals surface area contributed by atoms with Gasteiger partial charge in [0.05, 0.1) is 5.69 Å². The third kappa shape index (κ3) is 3.97. The lowest BCUT2D eigenvalue weighted by atomic mass is 10.0. The summed E-state index contributed by atoms with van der Waals surface area (Å²) in [6.45, 7) is 6.69. The lowest BCUT2D eigenvalue weighted by molar-refractivity contribution is 0.504. The minimum Gasteiger partial charge on any atom is -0.388 e. The number of aromatic nitrogens is 1. The molecule has 0 aliphatic heterocycles. The highest BCUT2D eigenvalue weighted by Gasteiger charge is 2.12. The van der Waals surface area contributed by atoms with Gasteiger partial charge < -0.3 is 10.6 Å². The van der Waals surface area contributed by atoms with Crippen LogP contribution in [0.3, 0.4) is 0 Å². The van der Waals surface area contributed by atoms with Crippen LogP contribution in [0.2, 0.25) is 0 Å². The topological polar surface area (TPSA) is 42.2 Å². The number of anilines is 1. The summed E-state index contributed by atoms with van der Waals surface area (Å²) in [7, 11) is 2.09. The molecule has 94 valence electrons. The molecule has 1 atom stereocenters. The standard InChI is InChI=1S/C13H21N3S/c1-9(2)7-10(3)16(4)11-5-6-15-12(8-11)13(14)17/h5-6,8-10H,7H2,1-4H3,(H2,14,17). The molecule has 3 nitrogen and oxygen atoms in total. The molecule has 0 spiro atoms. The van der Waals surface area contributed by atoms with E-state index in [4.69, 9.17) is 18.0 Å². The predicted octanol–water partition coefficient (Wildman–Crippen LogP) is 2.59. The monoisotopic (exact) mass is 251 g/mol. The Balaban J connectivity index is 2.84. The van der Waals surface area contributed by atoms with E-state index in [2.05, 4.69) is 37.7 Å². The van der Waals surface area contributed by atoms with Crippen LogP contribution in [-0.2, 0) is 0 Å². The number of hydrogen-bond acceptors (Lipinski definition) is 3. The molecule has 0 radical (unpaired) electrons. The van der Waals surface area contributed by atoms with Crippen molar-refractivity contribution in [3.8, 4) is 0 Å². The maximum absolute atomic E-state index is 5.59. The van der Waals surface area contributed by atoms with Gasteiger partial charge in [-0.1, -0.05) is 26.1 Å². The lowest BCUT2D eigenvalue weighted by Crippen LogP contribution is -2.30. The van der Waals surface area contributed by atoms with Crippen LogP contribution in [-0.4, -0.2) is 23.1 Å². The van der Waals surface area contributed by atoms with E-state index >= 15 is 0 Å². The van der Waals surface area contributed by atoms with Crippen LogP contribution in [0.25, 0.3) is 0 Å². The van der Waals surface area contributed by atoms with Crippen molar-refractivity contribution in [2.24, 2.45) is 11.7 Å². The van der Waals surface area contributed by atoms with E-state index in [-0.39, 0.29) is 0 Å². The van der Waals surface area contributed by atoms with Crippen molar-refractivity contribution in [3.63, 3.8) is 0 Å². The molecule has 0 aromatic carbocycles. The number of nitrogens with two attached hydrogens (primary N) is 1. The molecule has 0 fully saturated rings. The van der Waals surface area contributed by atoms with Gasteiger partial charge in [-0.2, -0.15) is 0 Å². The zero-order valence-electron chi connectivity index (χ0n) is 11.0. The zero-order valence-corrected chi connectivity index (χ0v) is 11.8. The average Bonchev–Trinajstić information content (AvgIpc) is 2.27. The first-order valence-electron chi connectivity index (χ1n) is 5.90. The van der Waals surface area contributed by atoms with Crippen molar-refractivity contribution < 1.29 is 0 Å². The van der Waals surface area contributed by atoms with E-state index in [9.17, 15) is 0 Å². The summed E-state index contributed by atoms with van der Waals surface area (Å²) < 4.78 is 0. The van der Waals surface area contributed by atoms with Gasteiger partial charge in [-0.25, -0.2) is 0 Å². The normalized spacial score (nSPS) is 12.5. The molecule has 0 saturated carbocycles. The van der Waals surface area contributed by atoms with Crippen molar-refractivity contribution >= 4 is 22.9 Å². The van der Waals surface area contributed by atoms with Crippen LogP contribution >= 0.6 is 12.2 Å². The minimum absolute atomic E-state index is 0.344. The summed E-state index contributed by atoms with van der Waals surface area (Å²) in [5.41, 5.74) is 7.38. The maximum Gasteiger partial charge on any atom is 0.122 e. The summed E-state index contributed by atoms with van der Waals surface area (Å²) >= 11 is 4.94. The van der Waals surface area contributed by atoms with Gasteiger partial charge >= 0.3 is 0 Å². The molecule has 0 bridgehead atoms. The molecule has 1 unspecified atom stereocenters. The fourth-order valence-electron chi connectivity index (χ4n) is 1.87. The Morgan fingerprint density at radius 2 is 2.12 bits per heavy atom. The highest BCUT2D eigenvalue weighted by molar-refractivity contribution is 7.80. The SMILES string of the molecule is CC(C)CC(C)N(C)c1ccnc(C(N)=S)c1. The van der Waals surface area contributed by atoms with Crippen LogP contribution in [0.15, 0.2) is 18.3 Å². The molecular weight excluding hydrogens is 230 g/mol. The zero-order chi connectivity index (χ0) is 13.0. The Bertz CT molecular complexity index is 390. The minimum atomic E-state index is 0.344. The number of thiocarbonyl (C=S) groups is 1. The maximum atomic E-state index is 5.59. The van der Waals surface area contributed by atoms with Gasteiger partial charge in [0, 0.05) is 25.0 Å². The van der Waals surface area contributed by atoms with E-state index < -0.39 is 0 Å². The molecule has 0 aliphatic rings. The van der Waals surface area contributed by atoms with Gasteiger partial charge in [0.25, 0.3) is 0 Å². The second kappa shape index (κ2) is 5.96. The van der Waals surface area contributed by atoms with E-state index in [0.29, 0.717) is 22.6 Å². The smallest absolute Gasteiger partial charge is 0.122 e. The third-order valence-electron chi connectivity index (χ3n) is 2.88.